The molecule has 2 rings (SSSR count). The van der Waals surface area contributed by atoms with Gasteiger partial charge < -0.3 is 9.47 Å². The lowest BCUT2D eigenvalue weighted by Crippen LogP contribution is -2.53. The second-order valence-electron chi connectivity index (χ2n) is 5.51. The lowest BCUT2D eigenvalue weighted by atomic mass is 10.1. The van der Waals surface area contributed by atoms with Crippen molar-refractivity contribution >= 4 is 35.2 Å². The standard InChI is InChI=1S/C19H22N2O4S/c1-4-9-21-18(23)14(17(22)20-19(21)26)11-13-7-8-15(25-10-5-2)16(12-13)24-6-3/h4,7-8,11-12H,1,5-6,9-10H2,2-3H3,(H,20,22,26)/b14-11+. The van der Waals surface area contributed by atoms with Crippen LogP contribution in [0.4, 0.5) is 0 Å². The van der Waals surface area contributed by atoms with Crippen LogP contribution in [0.3, 0.4) is 0 Å². The van der Waals surface area contributed by atoms with E-state index in [1.165, 1.54) is 11.0 Å². The minimum absolute atomic E-state index is 0.00475. The van der Waals surface area contributed by atoms with Gasteiger partial charge in [0.2, 0.25) is 0 Å². The monoisotopic (exact) mass is 374 g/mol. The number of amides is 2. The van der Waals surface area contributed by atoms with Crippen molar-refractivity contribution in [2.45, 2.75) is 20.3 Å². The molecule has 0 aromatic heterocycles. The van der Waals surface area contributed by atoms with Crippen molar-refractivity contribution in [1.29, 1.82) is 0 Å². The van der Waals surface area contributed by atoms with E-state index in [1.807, 2.05) is 13.8 Å². The van der Waals surface area contributed by atoms with Gasteiger partial charge in [0.25, 0.3) is 11.8 Å². The molecule has 1 N–H and O–H groups in total. The third-order valence-electron chi connectivity index (χ3n) is 3.54. The number of ether oxygens (including phenoxy) is 2. The normalized spacial score (nSPS) is 15.8. The summed E-state index contributed by atoms with van der Waals surface area (Å²) in [5.41, 5.74) is 0.660. The minimum Gasteiger partial charge on any atom is -0.490 e. The summed E-state index contributed by atoms with van der Waals surface area (Å²) in [5.74, 6) is 0.217. The summed E-state index contributed by atoms with van der Waals surface area (Å²) in [5, 5.41) is 2.60. The highest BCUT2D eigenvalue weighted by molar-refractivity contribution is 7.80. The van der Waals surface area contributed by atoms with E-state index in [9.17, 15) is 9.59 Å². The lowest BCUT2D eigenvalue weighted by molar-refractivity contribution is -0.128. The van der Waals surface area contributed by atoms with Crippen LogP contribution in [0.15, 0.2) is 36.4 Å². The zero-order valence-electron chi connectivity index (χ0n) is 14.9. The number of hydrogen-bond acceptors (Lipinski definition) is 5. The van der Waals surface area contributed by atoms with Crippen LogP contribution in [-0.4, -0.2) is 41.6 Å². The quantitative estimate of drug-likeness (QED) is 0.328. The number of thiocarbonyl (C=S) groups is 1. The van der Waals surface area contributed by atoms with Gasteiger partial charge in [-0.25, -0.2) is 0 Å². The molecule has 2 amide bonds. The van der Waals surface area contributed by atoms with Crippen LogP contribution in [-0.2, 0) is 9.59 Å². The molecule has 6 nitrogen and oxygen atoms in total. The van der Waals surface area contributed by atoms with Crippen LogP contribution >= 0.6 is 12.2 Å². The Labute approximate surface area is 158 Å². The van der Waals surface area contributed by atoms with Crippen LogP contribution in [0.5, 0.6) is 11.5 Å². The highest BCUT2D eigenvalue weighted by Gasteiger charge is 2.32. The van der Waals surface area contributed by atoms with Gasteiger partial charge in [-0.15, -0.1) is 6.58 Å². The zero-order chi connectivity index (χ0) is 19.1. The summed E-state index contributed by atoms with van der Waals surface area (Å²) in [7, 11) is 0. The van der Waals surface area contributed by atoms with Crippen molar-refractivity contribution in [3.8, 4) is 11.5 Å². The third kappa shape index (κ3) is 4.49. The molecule has 0 radical (unpaired) electrons. The van der Waals surface area contributed by atoms with Crippen molar-refractivity contribution in [2.75, 3.05) is 19.8 Å². The molecule has 0 aliphatic carbocycles. The molecule has 138 valence electrons. The van der Waals surface area contributed by atoms with Gasteiger partial charge in [-0.05, 0) is 49.3 Å². The fraction of sp³-hybridized carbons (Fsp3) is 0.316. The van der Waals surface area contributed by atoms with E-state index in [0.717, 1.165) is 6.42 Å². The van der Waals surface area contributed by atoms with E-state index in [4.69, 9.17) is 21.7 Å². The van der Waals surface area contributed by atoms with Crippen molar-refractivity contribution in [3.63, 3.8) is 0 Å². The average molecular weight is 374 g/mol. The molecule has 0 bridgehead atoms. The molecule has 7 heteroatoms. The zero-order valence-corrected chi connectivity index (χ0v) is 15.7. The molecule has 0 atom stereocenters. The van der Waals surface area contributed by atoms with Gasteiger partial charge in [-0.2, -0.15) is 0 Å². The SMILES string of the molecule is C=CCN1C(=O)/C(=C/c2ccc(OCCC)c(OCC)c2)C(=O)NC1=S. The largest absolute Gasteiger partial charge is 0.490 e. The Morgan fingerprint density at radius 2 is 2.00 bits per heavy atom. The first kappa shape index (κ1) is 19.7. The molecule has 1 aliphatic rings. The number of carbonyl (C=O) groups is 2. The van der Waals surface area contributed by atoms with E-state index in [-0.39, 0.29) is 17.2 Å². The second-order valence-corrected chi connectivity index (χ2v) is 5.90. The molecule has 1 aromatic rings. The summed E-state index contributed by atoms with van der Waals surface area (Å²) in [6.07, 6.45) is 3.94. The third-order valence-corrected chi connectivity index (χ3v) is 3.86. The summed E-state index contributed by atoms with van der Waals surface area (Å²) in [4.78, 5) is 26.0. The van der Waals surface area contributed by atoms with Crippen LogP contribution in [0, 0.1) is 0 Å². The number of benzene rings is 1. The van der Waals surface area contributed by atoms with E-state index in [2.05, 4.69) is 11.9 Å². The van der Waals surface area contributed by atoms with Crippen molar-refractivity contribution in [3.05, 3.63) is 42.0 Å². The van der Waals surface area contributed by atoms with Crippen molar-refractivity contribution in [2.24, 2.45) is 0 Å². The molecule has 0 unspecified atom stereocenters. The fourth-order valence-corrected chi connectivity index (χ4v) is 2.62. The Morgan fingerprint density at radius 1 is 1.23 bits per heavy atom. The van der Waals surface area contributed by atoms with Crippen molar-refractivity contribution < 1.29 is 19.1 Å². The Bertz CT molecular complexity index is 758. The molecule has 1 fully saturated rings. The van der Waals surface area contributed by atoms with E-state index >= 15 is 0 Å². The fourth-order valence-electron chi connectivity index (χ4n) is 2.37. The lowest BCUT2D eigenvalue weighted by Gasteiger charge is -2.27. The maximum atomic E-state index is 12.6. The molecule has 1 aliphatic heterocycles. The van der Waals surface area contributed by atoms with Gasteiger partial charge in [0, 0.05) is 6.54 Å². The number of rotatable bonds is 8. The predicted octanol–water partition coefficient (Wildman–Crippen LogP) is 2.69. The van der Waals surface area contributed by atoms with Gasteiger partial charge >= 0.3 is 0 Å². The highest BCUT2D eigenvalue weighted by atomic mass is 32.1. The van der Waals surface area contributed by atoms with Crippen LogP contribution in [0.25, 0.3) is 6.08 Å². The van der Waals surface area contributed by atoms with Gasteiger partial charge in [0.15, 0.2) is 16.6 Å². The Hall–Kier alpha value is -2.67. The first-order chi connectivity index (χ1) is 12.5. The van der Waals surface area contributed by atoms with E-state index in [1.54, 1.807) is 24.3 Å². The highest BCUT2D eigenvalue weighted by Crippen LogP contribution is 2.30. The number of hydrogen-bond donors (Lipinski definition) is 1. The molecule has 0 saturated carbocycles. The number of nitrogens with one attached hydrogen (secondary N) is 1. The Balaban J connectivity index is 2.35. The van der Waals surface area contributed by atoms with Crippen LogP contribution < -0.4 is 14.8 Å². The molecule has 26 heavy (non-hydrogen) atoms. The Morgan fingerprint density at radius 3 is 2.65 bits per heavy atom. The maximum absolute atomic E-state index is 12.6. The smallest absolute Gasteiger partial charge is 0.265 e. The summed E-state index contributed by atoms with van der Waals surface area (Å²) in [6, 6.07) is 5.28. The molecule has 0 spiro atoms. The first-order valence-electron chi connectivity index (χ1n) is 8.41. The summed E-state index contributed by atoms with van der Waals surface area (Å²) >= 11 is 5.04. The molecular formula is C19H22N2O4S. The van der Waals surface area contributed by atoms with E-state index in [0.29, 0.717) is 30.3 Å². The van der Waals surface area contributed by atoms with Crippen molar-refractivity contribution in [1.82, 2.24) is 10.2 Å². The molecule has 1 aromatic carbocycles. The predicted molar refractivity (Wildman–Crippen MR) is 104 cm³/mol. The van der Waals surface area contributed by atoms with E-state index < -0.39 is 11.8 Å². The van der Waals surface area contributed by atoms with Gasteiger partial charge in [-0.1, -0.05) is 19.1 Å². The molecular weight excluding hydrogens is 352 g/mol. The Kier molecular flexibility index (Phi) is 6.91. The van der Waals surface area contributed by atoms with Crippen LogP contribution in [0.2, 0.25) is 0 Å². The average Bonchev–Trinajstić information content (AvgIpc) is 2.61. The first-order valence-corrected chi connectivity index (χ1v) is 8.82. The van der Waals surface area contributed by atoms with Gasteiger partial charge in [-0.3, -0.25) is 19.8 Å². The minimum atomic E-state index is -0.524. The van der Waals surface area contributed by atoms with Gasteiger partial charge in [0.1, 0.15) is 5.57 Å². The number of carbonyl (C=O) groups excluding carboxylic acids is 2. The second kappa shape index (κ2) is 9.15. The number of nitrogens with zero attached hydrogens (tertiary/aromatic N) is 1. The van der Waals surface area contributed by atoms with Crippen LogP contribution in [0.1, 0.15) is 25.8 Å². The van der Waals surface area contributed by atoms with Gasteiger partial charge in [0.05, 0.1) is 13.2 Å². The summed E-state index contributed by atoms with van der Waals surface area (Å²) in [6.45, 7) is 8.78. The topological polar surface area (TPSA) is 67.9 Å². The summed E-state index contributed by atoms with van der Waals surface area (Å²) < 4.78 is 11.3. The maximum Gasteiger partial charge on any atom is 0.265 e. The molecule has 1 heterocycles. The molecule has 1 saturated heterocycles.